The average Bonchev–Trinajstić information content (AvgIpc) is 2.50. The van der Waals surface area contributed by atoms with Crippen LogP contribution < -0.4 is 0 Å². The van der Waals surface area contributed by atoms with Crippen LogP contribution in [0, 0.1) is 0 Å². The van der Waals surface area contributed by atoms with Gasteiger partial charge in [-0.05, 0) is 46.5 Å². The van der Waals surface area contributed by atoms with Crippen LogP contribution in [0.5, 0.6) is 0 Å². The van der Waals surface area contributed by atoms with Gasteiger partial charge in [0, 0.05) is 25.2 Å². The maximum atomic E-state index is 6.01. The molecule has 0 amide bonds. The summed E-state index contributed by atoms with van der Waals surface area (Å²) in [6, 6.07) is 0. The summed E-state index contributed by atoms with van der Waals surface area (Å²) in [4.78, 5) is 2.57. The van der Waals surface area contributed by atoms with Gasteiger partial charge in [0.05, 0.1) is 5.60 Å². The van der Waals surface area contributed by atoms with Gasteiger partial charge in [-0.25, -0.2) is 0 Å². The maximum Gasteiger partial charge on any atom is 0.0821 e. The third-order valence-electron chi connectivity index (χ3n) is 3.70. The van der Waals surface area contributed by atoms with Gasteiger partial charge in [-0.2, -0.15) is 0 Å². The molecule has 1 atom stereocenters. The summed E-state index contributed by atoms with van der Waals surface area (Å²) in [5.41, 5.74) is 0.538. The summed E-state index contributed by atoms with van der Waals surface area (Å²) < 4.78 is 6.01. The Hall–Kier alpha value is -0.0800. The first-order valence-corrected chi connectivity index (χ1v) is 5.91. The first kappa shape index (κ1) is 10.4. The first-order valence-electron chi connectivity index (χ1n) is 5.91. The fraction of sp³-hybridized carbons (Fsp3) is 1.00. The highest BCUT2D eigenvalue weighted by molar-refractivity contribution is 4.97. The Balaban J connectivity index is 1.99. The van der Waals surface area contributed by atoms with Crippen molar-refractivity contribution in [1.82, 2.24) is 4.90 Å². The van der Waals surface area contributed by atoms with Crippen LogP contribution in [0.15, 0.2) is 0 Å². The monoisotopic (exact) mass is 197 g/mol. The molecule has 1 spiro atoms. The quantitative estimate of drug-likeness (QED) is 0.591. The molecule has 2 saturated heterocycles. The molecule has 2 heterocycles. The molecule has 2 aliphatic rings. The molecular formula is C12H23NO. The summed E-state index contributed by atoms with van der Waals surface area (Å²) in [6.45, 7) is 10.2. The van der Waals surface area contributed by atoms with Crippen LogP contribution in [0.4, 0.5) is 0 Å². The average molecular weight is 197 g/mol. The second-order valence-electron chi connectivity index (χ2n) is 5.83. The smallest absolute Gasteiger partial charge is 0.0821 e. The minimum absolute atomic E-state index is 0.228. The van der Waals surface area contributed by atoms with Gasteiger partial charge >= 0.3 is 0 Å². The molecule has 0 saturated carbocycles. The Labute approximate surface area is 87.6 Å². The minimum Gasteiger partial charge on any atom is -0.374 e. The largest absolute Gasteiger partial charge is 0.374 e. The zero-order chi connectivity index (χ0) is 10.2. The Morgan fingerprint density at radius 2 is 1.93 bits per heavy atom. The number of hydrogen-bond donors (Lipinski definition) is 0. The van der Waals surface area contributed by atoms with Crippen molar-refractivity contribution in [2.45, 2.75) is 57.6 Å². The standard InChI is InChI=1S/C12H23NO/c1-11(2,3)13-8-7-12(10-13)6-4-5-9-14-12/h4-10H2,1-3H3. The highest BCUT2D eigenvalue weighted by Gasteiger charge is 2.43. The molecule has 2 aliphatic heterocycles. The summed E-state index contributed by atoms with van der Waals surface area (Å²) in [6.07, 6.45) is 5.14. The molecule has 14 heavy (non-hydrogen) atoms. The van der Waals surface area contributed by atoms with Gasteiger partial charge < -0.3 is 4.74 Å². The lowest BCUT2D eigenvalue weighted by molar-refractivity contribution is -0.0736. The molecule has 1 unspecified atom stereocenters. The molecule has 0 N–H and O–H groups in total. The van der Waals surface area contributed by atoms with Crippen LogP contribution >= 0.6 is 0 Å². The summed E-state index contributed by atoms with van der Waals surface area (Å²) in [5, 5.41) is 0. The molecular weight excluding hydrogens is 174 g/mol. The SMILES string of the molecule is CC(C)(C)N1CCC2(CCCCO2)C1. The van der Waals surface area contributed by atoms with E-state index >= 15 is 0 Å². The third kappa shape index (κ3) is 1.96. The van der Waals surface area contributed by atoms with Crippen LogP contribution in [-0.2, 0) is 4.74 Å². The van der Waals surface area contributed by atoms with Crippen LogP contribution in [0.3, 0.4) is 0 Å². The Morgan fingerprint density at radius 1 is 1.14 bits per heavy atom. The van der Waals surface area contributed by atoms with Gasteiger partial charge in [-0.3, -0.25) is 4.90 Å². The summed E-state index contributed by atoms with van der Waals surface area (Å²) >= 11 is 0. The number of hydrogen-bond acceptors (Lipinski definition) is 2. The van der Waals surface area contributed by atoms with E-state index < -0.39 is 0 Å². The maximum absolute atomic E-state index is 6.01. The second-order valence-corrected chi connectivity index (χ2v) is 5.83. The Morgan fingerprint density at radius 3 is 2.43 bits per heavy atom. The molecule has 0 aromatic heterocycles. The fourth-order valence-electron chi connectivity index (χ4n) is 2.65. The van der Waals surface area contributed by atoms with Crippen molar-refractivity contribution in [2.75, 3.05) is 19.7 Å². The van der Waals surface area contributed by atoms with Gasteiger partial charge in [0.25, 0.3) is 0 Å². The summed E-state index contributed by atoms with van der Waals surface area (Å²) in [5.74, 6) is 0. The second kappa shape index (κ2) is 3.49. The molecule has 0 bridgehead atoms. The normalized spacial score (nSPS) is 35.4. The number of likely N-dealkylation sites (tertiary alicyclic amines) is 1. The van der Waals surface area contributed by atoms with Crippen LogP contribution in [0.1, 0.15) is 46.5 Å². The van der Waals surface area contributed by atoms with Crippen molar-refractivity contribution in [3.05, 3.63) is 0 Å². The van der Waals surface area contributed by atoms with E-state index in [1.54, 1.807) is 0 Å². The summed E-state index contributed by atoms with van der Waals surface area (Å²) in [7, 11) is 0. The predicted octanol–water partition coefficient (Wildman–Crippen LogP) is 2.43. The lowest BCUT2D eigenvalue weighted by Crippen LogP contribution is -2.45. The van der Waals surface area contributed by atoms with E-state index in [0.717, 1.165) is 13.2 Å². The topological polar surface area (TPSA) is 12.5 Å². The lowest BCUT2D eigenvalue weighted by atomic mass is 9.93. The molecule has 82 valence electrons. The molecule has 0 radical (unpaired) electrons. The van der Waals surface area contributed by atoms with E-state index in [0.29, 0.717) is 5.54 Å². The van der Waals surface area contributed by atoms with E-state index in [1.165, 1.54) is 32.2 Å². The van der Waals surface area contributed by atoms with Crippen LogP contribution in [0.2, 0.25) is 0 Å². The van der Waals surface area contributed by atoms with Gasteiger partial charge in [0.15, 0.2) is 0 Å². The number of rotatable bonds is 0. The molecule has 2 fully saturated rings. The van der Waals surface area contributed by atoms with Crippen molar-refractivity contribution in [2.24, 2.45) is 0 Å². The van der Waals surface area contributed by atoms with E-state index in [4.69, 9.17) is 4.74 Å². The van der Waals surface area contributed by atoms with Crippen LogP contribution in [0.25, 0.3) is 0 Å². The first-order chi connectivity index (χ1) is 6.52. The van der Waals surface area contributed by atoms with Crippen LogP contribution in [-0.4, -0.2) is 35.7 Å². The van der Waals surface area contributed by atoms with Crippen molar-refractivity contribution in [1.29, 1.82) is 0 Å². The third-order valence-corrected chi connectivity index (χ3v) is 3.70. The molecule has 2 nitrogen and oxygen atoms in total. The molecule has 0 aliphatic carbocycles. The zero-order valence-electron chi connectivity index (χ0n) is 9.81. The predicted molar refractivity (Wildman–Crippen MR) is 58.5 cm³/mol. The van der Waals surface area contributed by atoms with Gasteiger partial charge in [0.2, 0.25) is 0 Å². The van der Waals surface area contributed by atoms with Crippen molar-refractivity contribution in [3.8, 4) is 0 Å². The van der Waals surface area contributed by atoms with E-state index in [1.807, 2.05) is 0 Å². The molecule has 2 heteroatoms. The molecule has 2 rings (SSSR count). The van der Waals surface area contributed by atoms with Gasteiger partial charge in [-0.1, -0.05) is 0 Å². The van der Waals surface area contributed by atoms with E-state index in [9.17, 15) is 0 Å². The van der Waals surface area contributed by atoms with Crippen molar-refractivity contribution >= 4 is 0 Å². The van der Waals surface area contributed by atoms with Crippen molar-refractivity contribution < 1.29 is 4.74 Å². The number of ether oxygens (including phenoxy) is 1. The lowest BCUT2D eigenvalue weighted by Gasteiger charge is -2.37. The Bertz CT molecular complexity index is 201. The van der Waals surface area contributed by atoms with Gasteiger partial charge in [-0.15, -0.1) is 0 Å². The van der Waals surface area contributed by atoms with E-state index in [-0.39, 0.29) is 5.60 Å². The molecule has 0 aromatic rings. The van der Waals surface area contributed by atoms with E-state index in [2.05, 4.69) is 25.7 Å². The molecule has 0 aromatic carbocycles. The zero-order valence-corrected chi connectivity index (χ0v) is 9.81. The van der Waals surface area contributed by atoms with Crippen molar-refractivity contribution in [3.63, 3.8) is 0 Å². The highest BCUT2D eigenvalue weighted by atomic mass is 16.5. The fourth-order valence-corrected chi connectivity index (χ4v) is 2.65. The highest BCUT2D eigenvalue weighted by Crippen LogP contribution is 2.36. The minimum atomic E-state index is 0.228. The number of nitrogens with zero attached hydrogens (tertiary/aromatic N) is 1. The van der Waals surface area contributed by atoms with Gasteiger partial charge in [0.1, 0.15) is 0 Å². The Kier molecular flexibility index (Phi) is 2.61.